The smallest absolute Gasteiger partial charge is 0.229 e. The Bertz CT molecular complexity index is 1060. The third-order valence-corrected chi connectivity index (χ3v) is 5.99. The van der Waals surface area contributed by atoms with E-state index in [1.807, 2.05) is 6.07 Å². The predicted molar refractivity (Wildman–Crippen MR) is 110 cm³/mol. The highest BCUT2D eigenvalue weighted by Crippen LogP contribution is 2.45. The van der Waals surface area contributed by atoms with Crippen LogP contribution in [0.4, 0.5) is 5.82 Å². The van der Waals surface area contributed by atoms with E-state index in [4.69, 9.17) is 18.7 Å². The van der Waals surface area contributed by atoms with Crippen molar-refractivity contribution in [2.75, 3.05) is 39.3 Å². The quantitative estimate of drug-likeness (QED) is 0.605. The van der Waals surface area contributed by atoms with Gasteiger partial charge in [-0.15, -0.1) is 5.10 Å². The second-order valence-corrected chi connectivity index (χ2v) is 7.80. The summed E-state index contributed by atoms with van der Waals surface area (Å²) >= 11 is 0. The average molecular weight is 411 g/mol. The summed E-state index contributed by atoms with van der Waals surface area (Å²) in [6, 6.07) is 1.94. The van der Waals surface area contributed by atoms with Gasteiger partial charge in [-0.2, -0.15) is 10.1 Å². The minimum Gasteiger partial charge on any atom is -0.493 e. The Labute approximate surface area is 174 Å². The average Bonchev–Trinajstić information content (AvgIpc) is 3.53. The molecule has 1 aromatic carbocycles. The highest BCUT2D eigenvalue weighted by molar-refractivity contribution is 5.99. The van der Waals surface area contributed by atoms with Crippen molar-refractivity contribution < 1.29 is 18.7 Å². The largest absolute Gasteiger partial charge is 0.493 e. The van der Waals surface area contributed by atoms with Crippen LogP contribution in [-0.4, -0.2) is 54.8 Å². The van der Waals surface area contributed by atoms with Crippen molar-refractivity contribution >= 4 is 16.6 Å². The van der Waals surface area contributed by atoms with Crippen LogP contribution in [0.25, 0.3) is 10.8 Å². The van der Waals surface area contributed by atoms with Crippen molar-refractivity contribution in [3.63, 3.8) is 0 Å². The van der Waals surface area contributed by atoms with E-state index in [0.717, 1.165) is 54.2 Å². The molecule has 3 heterocycles. The Hall–Kier alpha value is -3.10. The van der Waals surface area contributed by atoms with E-state index in [0.29, 0.717) is 23.2 Å². The highest BCUT2D eigenvalue weighted by Gasteiger charge is 2.32. The van der Waals surface area contributed by atoms with Crippen LogP contribution in [-0.2, 0) is 0 Å². The molecule has 2 aliphatic rings. The Morgan fingerprint density at radius 1 is 0.933 bits per heavy atom. The summed E-state index contributed by atoms with van der Waals surface area (Å²) in [5, 5.41) is 14.6. The number of fused-ring (bicyclic) bond motifs is 1. The van der Waals surface area contributed by atoms with Gasteiger partial charge in [0.15, 0.2) is 23.1 Å². The van der Waals surface area contributed by atoms with E-state index in [2.05, 4.69) is 25.2 Å². The first-order valence-corrected chi connectivity index (χ1v) is 10.3. The second-order valence-electron chi connectivity index (χ2n) is 7.80. The molecule has 1 aliphatic heterocycles. The monoisotopic (exact) mass is 411 g/mol. The third-order valence-electron chi connectivity index (χ3n) is 5.99. The van der Waals surface area contributed by atoms with E-state index >= 15 is 0 Å². The molecule has 2 aromatic heterocycles. The minimum absolute atomic E-state index is 0.286. The van der Waals surface area contributed by atoms with Crippen molar-refractivity contribution in [3.8, 4) is 17.2 Å². The van der Waals surface area contributed by atoms with E-state index in [-0.39, 0.29) is 5.92 Å². The van der Waals surface area contributed by atoms with Gasteiger partial charge in [0.05, 0.1) is 32.9 Å². The van der Waals surface area contributed by atoms with Crippen LogP contribution in [0.1, 0.15) is 49.2 Å². The molecule has 2 fully saturated rings. The third kappa shape index (κ3) is 3.18. The molecule has 0 spiro atoms. The van der Waals surface area contributed by atoms with Crippen molar-refractivity contribution in [3.05, 3.63) is 24.0 Å². The molecule has 0 unspecified atom stereocenters. The maximum absolute atomic E-state index is 5.62. The number of methoxy groups -OCH3 is 3. The van der Waals surface area contributed by atoms with Crippen LogP contribution in [0, 0.1) is 0 Å². The Morgan fingerprint density at radius 3 is 2.37 bits per heavy atom. The molecule has 9 nitrogen and oxygen atoms in total. The SMILES string of the molecule is COc1cc2c(N3CCC(c4nc(C5CC5)no4)CC3)nncc2c(OC)c1OC. The summed E-state index contributed by atoms with van der Waals surface area (Å²) in [5.41, 5.74) is 0. The number of benzene rings is 1. The van der Waals surface area contributed by atoms with Gasteiger partial charge in [0.25, 0.3) is 0 Å². The summed E-state index contributed by atoms with van der Waals surface area (Å²) in [6.45, 7) is 1.66. The van der Waals surface area contributed by atoms with Crippen LogP contribution >= 0.6 is 0 Å². The van der Waals surface area contributed by atoms with Gasteiger partial charge in [0, 0.05) is 30.3 Å². The number of aromatic nitrogens is 4. The lowest BCUT2D eigenvalue weighted by Crippen LogP contribution is -2.34. The zero-order valence-corrected chi connectivity index (χ0v) is 17.4. The lowest BCUT2D eigenvalue weighted by molar-refractivity contribution is 0.326. The maximum atomic E-state index is 5.62. The molecule has 1 saturated heterocycles. The van der Waals surface area contributed by atoms with Crippen LogP contribution in [0.3, 0.4) is 0 Å². The van der Waals surface area contributed by atoms with Gasteiger partial charge in [0.1, 0.15) is 0 Å². The highest BCUT2D eigenvalue weighted by atomic mass is 16.5. The van der Waals surface area contributed by atoms with Crippen molar-refractivity contribution in [1.82, 2.24) is 20.3 Å². The molecule has 0 amide bonds. The zero-order valence-electron chi connectivity index (χ0n) is 17.4. The molecular weight excluding hydrogens is 386 g/mol. The lowest BCUT2D eigenvalue weighted by atomic mass is 9.96. The number of hydrogen-bond acceptors (Lipinski definition) is 9. The molecule has 5 rings (SSSR count). The summed E-state index contributed by atoms with van der Waals surface area (Å²) in [6.07, 6.45) is 5.90. The fourth-order valence-electron chi connectivity index (χ4n) is 4.18. The predicted octanol–water partition coefficient (Wildman–Crippen LogP) is 3.30. The Balaban J connectivity index is 1.42. The molecule has 0 bridgehead atoms. The van der Waals surface area contributed by atoms with Crippen molar-refractivity contribution in [1.29, 1.82) is 0 Å². The normalized spacial score (nSPS) is 17.4. The summed E-state index contributed by atoms with van der Waals surface area (Å²) in [4.78, 5) is 6.88. The van der Waals surface area contributed by atoms with Gasteiger partial charge in [-0.3, -0.25) is 0 Å². The first-order chi connectivity index (χ1) is 14.7. The van der Waals surface area contributed by atoms with Crippen LogP contribution in [0.15, 0.2) is 16.8 Å². The van der Waals surface area contributed by atoms with Crippen molar-refractivity contribution in [2.24, 2.45) is 0 Å². The second kappa shape index (κ2) is 7.62. The molecular formula is C21H25N5O4. The van der Waals surface area contributed by atoms with Gasteiger partial charge < -0.3 is 23.6 Å². The van der Waals surface area contributed by atoms with Gasteiger partial charge >= 0.3 is 0 Å². The van der Waals surface area contributed by atoms with E-state index in [1.54, 1.807) is 27.5 Å². The van der Waals surface area contributed by atoms with Gasteiger partial charge in [-0.05, 0) is 31.7 Å². The van der Waals surface area contributed by atoms with Crippen molar-refractivity contribution in [2.45, 2.75) is 37.5 Å². The van der Waals surface area contributed by atoms with E-state index < -0.39 is 0 Å². The fourth-order valence-corrected chi connectivity index (χ4v) is 4.18. The summed E-state index contributed by atoms with van der Waals surface area (Å²) < 4.78 is 22.2. The minimum atomic E-state index is 0.286. The molecule has 3 aromatic rings. The molecule has 158 valence electrons. The number of anilines is 1. The topological polar surface area (TPSA) is 95.6 Å². The molecule has 1 saturated carbocycles. The van der Waals surface area contributed by atoms with E-state index in [1.165, 1.54) is 12.8 Å². The number of ether oxygens (including phenoxy) is 3. The number of hydrogen-bond donors (Lipinski definition) is 0. The standard InChI is InChI=1S/C21H25N5O4/c1-27-16-10-14-15(17(28-2)18(16)29-3)11-22-24-20(14)26-8-6-13(7-9-26)21-23-19(25-30-21)12-4-5-12/h10-13H,4-9H2,1-3H3. The Kier molecular flexibility index (Phi) is 4.80. The lowest BCUT2D eigenvalue weighted by Gasteiger charge is -2.31. The molecule has 0 radical (unpaired) electrons. The number of nitrogens with zero attached hydrogens (tertiary/aromatic N) is 5. The van der Waals surface area contributed by atoms with Gasteiger partial charge in [-0.1, -0.05) is 5.16 Å². The molecule has 9 heteroatoms. The number of piperidine rings is 1. The van der Waals surface area contributed by atoms with Gasteiger partial charge in [-0.25, -0.2) is 0 Å². The van der Waals surface area contributed by atoms with Gasteiger partial charge in [0.2, 0.25) is 11.6 Å². The molecule has 1 aliphatic carbocycles. The zero-order chi connectivity index (χ0) is 20.7. The summed E-state index contributed by atoms with van der Waals surface area (Å²) in [7, 11) is 4.82. The number of rotatable bonds is 6. The molecule has 30 heavy (non-hydrogen) atoms. The molecule has 0 N–H and O–H groups in total. The van der Waals surface area contributed by atoms with E-state index in [9.17, 15) is 0 Å². The maximum Gasteiger partial charge on any atom is 0.229 e. The van der Waals surface area contributed by atoms with Crippen LogP contribution in [0.2, 0.25) is 0 Å². The first-order valence-electron chi connectivity index (χ1n) is 10.3. The molecule has 0 atom stereocenters. The summed E-state index contributed by atoms with van der Waals surface area (Å²) in [5.74, 6) is 5.00. The van der Waals surface area contributed by atoms with Crippen LogP contribution in [0.5, 0.6) is 17.2 Å². The fraction of sp³-hybridized carbons (Fsp3) is 0.524. The first kappa shape index (κ1) is 18.9. The van der Waals surface area contributed by atoms with Crippen LogP contribution < -0.4 is 19.1 Å². The Morgan fingerprint density at radius 2 is 1.70 bits per heavy atom.